The van der Waals surface area contributed by atoms with E-state index in [-0.39, 0.29) is 5.91 Å². The summed E-state index contributed by atoms with van der Waals surface area (Å²) < 4.78 is 0. The van der Waals surface area contributed by atoms with E-state index < -0.39 is 11.5 Å². The fraction of sp³-hybridized carbons (Fsp3) is 0.857. The predicted octanol–water partition coefficient (Wildman–Crippen LogP) is 1.80. The van der Waals surface area contributed by atoms with Crippen LogP contribution in [0.1, 0.15) is 64.2 Å². The normalized spacial score (nSPS) is 18.6. The molecule has 0 spiro atoms. The Morgan fingerprint density at radius 3 is 2.21 bits per heavy atom. The number of carbonyl (C=O) groups is 2. The van der Waals surface area contributed by atoms with Gasteiger partial charge >= 0.3 is 5.97 Å². The van der Waals surface area contributed by atoms with Crippen molar-refractivity contribution in [1.29, 1.82) is 0 Å². The van der Waals surface area contributed by atoms with Crippen molar-refractivity contribution in [2.75, 3.05) is 6.54 Å². The first kappa shape index (κ1) is 16.0. The SMILES string of the molecule is NCCCCCC(=O)NC1(C(=O)O)CCCCCC1. The van der Waals surface area contributed by atoms with Crippen molar-refractivity contribution in [2.24, 2.45) is 5.73 Å². The zero-order valence-electron chi connectivity index (χ0n) is 11.6. The molecule has 19 heavy (non-hydrogen) atoms. The predicted molar refractivity (Wildman–Crippen MR) is 73.7 cm³/mol. The van der Waals surface area contributed by atoms with Crippen LogP contribution >= 0.6 is 0 Å². The minimum Gasteiger partial charge on any atom is -0.480 e. The molecular formula is C14H26N2O3. The van der Waals surface area contributed by atoms with Gasteiger partial charge in [0.15, 0.2) is 0 Å². The monoisotopic (exact) mass is 270 g/mol. The van der Waals surface area contributed by atoms with Gasteiger partial charge in [-0.3, -0.25) is 4.79 Å². The van der Waals surface area contributed by atoms with Crippen LogP contribution in [0.3, 0.4) is 0 Å². The van der Waals surface area contributed by atoms with Crippen molar-refractivity contribution in [1.82, 2.24) is 5.32 Å². The molecule has 1 fully saturated rings. The van der Waals surface area contributed by atoms with Crippen molar-refractivity contribution in [3.63, 3.8) is 0 Å². The van der Waals surface area contributed by atoms with Gasteiger partial charge in [0.05, 0.1) is 0 Å². The summed E-state index contributed by atoms with van der Waals surface area (Å²) in [6.07, 6.45) is 7.98. The standard InChI is InChI=1S/C14H26N2O3/c15-11-7-3-4-8-12(17)16-14(13(18)19)9-5-1-2-6-10-14/h1-11,15H2,(H,16,17)(H,18,19). The maximum atomic E-state index is 11.9. The second-order valence-corrected chi connectivity index (χ2v) is 5.45. The smallest absolute Gasteiger partial charge is 0.329 e. The molecule has 0 heterocycles. The molecule has 0 bridgehead atoms. The zero-order valence-corrected chi connectivity index (χ0v) is 11.6. The Kier molecular flexibility index (Phi) is 6.84. The summed E-state index contributed by atoms with van der Waals surface area (Å²) in [6, 6.07) is 0. The summed E-state index contributed by atoms with van der Waals surface area (Å²) in [5.41, 5.74) is 4.37. The minimum atomic E-state index is -1.03. The molecule has 0 aromatic carbocycles. The van der Waals surface area contributed by atoms with Crippen LogP contribution in [0, 0.1) is 0 Å². The van der Waals surface area contributed by atoms with Gasteiger partial charge in [0.2, 0.25) is 5.91 Å². The third-order valence-electron chi connectivity index (χ3n) is 3.85. The Labute approximate surface area is 114 Å². The molecule has 0 radical (unpaired) electrons. The summed E-state index contributed by atoms with van der Waals surface area (Å²) in [4.78, 5) is 23.4. The van der Waals surface area contributed by atoms with Crippen LogP contribution in [0.4, 0.5) is 0 Å². The average molecular weight is 270 g/mol. The van der Waals surface area contributed by atoms with Crippen molar-refractivity contribution in [3.8, 4) is 0 Å². The van der Waals surface area contributed by atoms with Crippen LogP contribution in [0.25, 0.3) is 0 Å². The van der Waals surface area contributed by atoms with Crippen LogP contribution < -0.4 is 11.1 Å². The number of hydrogen-bond acceptors (Lipinski definition) is 3. The number of aliphatic carboxylic acids is 1. The molecule has 1 amide bonds. The molecule has 0 unspecified atom stereocenters. The second-order valence-electron chi connectivity index (χ2n) is 5.45. The van der Waals surface area contributed by atoms with E-state index in [0.29, 0.717) is 25.8 Å². The average Bonchev–Trinajstić information content (AvgIpc) is 2.61. The summed E-state index contributed by atoms with van der Waals surface area (Å²) in [6.45, 7) is 0.640. The largest absolute Gasteiger partial charge is 0.480 e. The van der Waals surface area contributed by atoms with E-state index >= 15 is 0 Å². The number of unbranched alkanes of at least 4 members (excludes halogenated alkanes) is 2. The Hall–Kier alpha value is -1.10. The third-order valence-corrected chi connectivity index (χ3v) is 3.85. The van der Waals surface area contributed by atoms with Crippen LogP contribution in [-0.4, -0.2) is 29.1 Å². The second kappa shape index (κ2) is 8.15. The van der Waals surface area contributed by atoms with Crippen LogP contribution in [0.5, 0.6) is 0 Å². The van der Waals surface area contributed by atoms with Gasteiger partial charge in [-0.05, 0) is 32.2 Å². The third kappa shape index (κ3) is 5.19. The number of carboxylic acids is 1. The number of rotatable bonds is 7. The first-order valence-corrected chi connectivity index (χ1v) is 7.35. The Balaban J connectivity index is 2.48. The lowest BCUT2D eigenvalue weighted by Gasteiger charge is -2.29. The molecule has 110 valence electrons. The summed E-state index contributed by atoms with van der Waals surface area (Å²) >= 11 is 0. The molecule has 0 aliphatic heterocycles. The molecule has 1 aliphatic rings. The number of nitrogens with two attached hydrogens (primary N) is 1. The molecule has 5 nitrogen and oxygen atoms in total. The maximum Gasteiger partial charge on any atom is 0.329 e. The molecule has 1 aliphatic carbocycles. The summed E-state index contributed by atoms with van der Waals surface area (Å²) in [5, 5.41) is 12.2. The molecule has 0 atom stereocenters. The van der Waals surface area contributed by atoms with Crippen molar-refractivity contribution >= 4 is 11.9 Å². The Morgan fingerprint density at radius 1 is 1.05 bits per heavy atom. The molecule has 5 heteroatoms. The van der Waals surface area contributed by atoms with Gasteiger partial charge in [-0.25, -0.2) is 4.79 Å². The van der Waals surface area contributed by atoms with E-state index in [4.69, 9.17) is 5.73 Å². The number of carbonyl (C=O) groups excluding carboxylic acids is 1. The first-order valence-electron chi connectivity index (χ1n) is 7.35. The van der Waals surface area contributed by atoms with Gasteiger partial charge in [-0.1, -0.05) is 32.1 Å². The van der Waals surface area contributed by atoms with Crippen molar-refractivity contribution in [3.05, 3.63) is 0 Å². The van der Waals surface area contributed by atoms with Gasteiger partial charge in [0, 0.05) is 6.42 Å². The molecule has 0 aromatic heterocycles. The Morgan fingerprint density at radius 2 is 1.68 bits per heavy atom. The van der Waals surface area contributed by atoms with E-state index in [9.17, 15) is 14.7 Å². The van der Waals surface area contributed by atoms with E-state index in [1.54, 1.807) is 0 Å². The highest BCUT2D eigenvalue weighted by Crippen LogP contribution is 2.27. The lowest BCUT2D eigenvalue weighted by molar-refractivity contribution is -0.148. The zero-order chi connectivity index (χ0) is 14.1. The van der Waals surface area contributed by atoms with Crippen LogP contribution in [0.2, 0.25) is 0 Å². The molecule has 1 rings (SSSR count). The first-order chi connectivity index (χ1) is 9.10. The molecule has 1 saturated carbocycles. The number of hydrogen-bond donors (Lipinski definition) is 3. The minimum absolute atomic E-state index is 0.138. The van der Waals surface area contributed by atoms with Crippen LogP contribution in [0.15, 0.2) is 0 Å². The van der Waals surface area contributed by atoms with Crippen molar-refractivity contribution in [2.45, 2.75) is 69.7 Å². The molecule has 0 aromatic rings. The van der Waals surface area contributed by atoms with Gasteiger partial charge in [-0.15, -0.1) is 0 Å². The lowest BCUT2D eigenvalue weighted by atomic mass is 9.90. The molecule has 0 saturated heterocycles. The van der Waals surface area contributed by atoms with E-state index in [2.05, 4.69) is 5.32 Å². The quantitative estimate of drug-likeness (QED) is 0.486. The van der Waals surface area contributed by atoms with Gasteiger partial charge in [0.25, 0.3) is 0 Å². The number of amides is 1. The maximum absolute atomic E-state index is 11.9. The topological polar surface area (TPSA) is 92.4 Å². The number of nitrogens with one attached hydrogen (secondary N) is 1. The van der Waals surface area contributed by atoms with E-state index in [1.807, 2.05) is 0 Å². The summed E-state index contributed by atoms with van der Waals surface area (Å²) in [5.74, 6) is -1.02. The molecule has 4 N–H and O–H groups in total. The van der Waals surface area contributed by atoms with Crippen molar-refractivity contribution < 1.29 is 14.7 Å². The van der Waals surface area contributed by atoms with Gasteiger partial charge < -0.3 is 16.2 Å². The lowest BCUT2D eigenvalue weighted by Crippen LogP contribution is -2.54. The Bertz CT molecular complexity index is 297. The highest BCUT2D eigenvalue weighted by molar-refractivity contribution is 5.87. The fourth-order valence-electron chi connectivity index (χ4n) is 2.66. The summed E-state index contributed by atoms with van der Waals surface area (Å²) in [7, 11) is 0. The number of carboxylic acid groups (broad SMARTS) is 1. The van der Waals surface area contributed by atoms with Gasteiger partial charge in [0.1, 0.15) is 5.54 Å². The van der Waals surface area contributed by atoms with Gasteiger partial charge in [-0.2, -0.15) is 0 Å². The fourth-order valence-corrected chi connectivity index (χ4v) is 2.66. The highest BCUT2D eigenvalue weighted by atomic mass is 16.4. The molecular weight excluding hydrogens is 244 g/mol. The van der Waals surface area contributed by atoms with E-state index in [1.165, 1.54) is 0 Å². The highest BCUT2D eigenvalue weighted by Gasteiger charge is 2.39. The van der Waals surface area contributed by atoms with Crippen LogP contribution in [-0.2, 0) is 9.59 Å². The van der Waals surface area contributed by atoms with E-state index in [0.717, 1.165) is 44.9 Å².